The van der Waals surface area contributed by atoms with Gasteiger partial charge in [0.05, 0.1) is 22.7 Å². The van der Waals surface area contributed by atoms with Gasteiger partial charge in [-0.15, -0.1) is 0 Å². The molecule has 0 spiro atoms. The molecule has 0 fully saturated rings. The maximum atomic E-state index is 13.6. The number of nitrogens with zero attached hydrogens (tertiary/aromatic N) is 5. The molecule has 0 saturated heterocycles. The van der Waals surface area contributed by atoms with Crippen LogP contribution in [0, 0.1) is 11.6 Å². The zero-order valence-corrected chi connectivity index (χ0v) is 23.8. The molecule has 220 valence electrons. The number of fused-ring (bicyclic) bond motifs is 1. The Hall–Kier alpha value is -5.36. The van der Waals surface area contributed by atoms with Gasteiger partial charge in [-0.1, -0.05) is 24.3 Å². The van der Waals surface area contributed by atoms with Crippen molar-refractivity contribution in [2.45, 2.75) is 24.3 Å². The van der Waals surface area contributed by atoms with E-state index in [9.17, 15) is 26.8 Å². The molecule has 0 amide bonds. The molecule has 0 aliphatic heterocycles. The van der Waals surface area contributed by atoms with Crippen LogP contribution < -0.4 is 5.56 Å². The largest absolute Gasteiger partial charge is 0.310 e. The summed E-state index contributed by atoms with van der Waals surface area (Å²) in [6, 6.07) is 19.4. The number of Topliss-reactive ketones (excluding diaryl/α,β-unsaturated/α-hetero) is 1. The molecule has 6 rings (SSSR count). The molecular formula is C32H23F2N5O4S. The lowest BCUT2D eigenvalue weighted by molar-refractivity contribution is 0.0980. The molecule has 4 heterocycles. The molecule has 0 unspecified atom stereocenters. The third-order valence-electron chi connectivity index (χ3n) is 7.05. The Morgan fingerprint density at radius 1 is 0.864 bits per heavy atom. The van der Waals surface area contributed by atoms with E-state index in [-0.39, 0.29) is 35.5 Å². The third kappa shape index (κ3) is 5.54. The fourth-order valence-electron chi connectivity index (χ4n) is 4.86. The number of rotatable bonds is 9. The van der Waals surface area contributed by atoms with Gasteiger partial charge in [0, 0.05) is 48.6 Å². The Balaban J connectivity index is 1.24. The highest BCUT2D eigenvalue weighted by Crippen LogP contribution is 2.31. The maximum Gasteiger partial charge on any atom is 0.269 e. The summed E-state index contributed by atoms with van der Waals surface area (Å²) in [5, 5.41) is 0.568. The molecule has 6 aromatic rings. The van der Waals surface area contributed by atoms with Gasteiger partial charge in [0.25, 0.3) is 15.6 Å². The van der Waals surface area contributed by atoms with E-state index in [0.29, 0.717) is 28.0 Å². The van der Waals surface area contributed by atoms with Crippen LogP contribution in [0.4, 0.5) is 8.78 Å². The van der Waals surface area contributed by atoms with Crippen LogP contribution in [0.5, 0.6) is 0 Å². The average molecular weight is 612 g/mol. The van der Waals surface area contributed by atoms with Crippen molar-refractivity contribution in [2.24, 2.45) is 0 Å². The summed E-state index contributed by atoms with van der Waals surface area (Å²) in [6.45, 7) is -0.0369. The first-order valence-electron chi connectivity index (χ1n) is 13.5. The number of aromatic nitrogens is 5. The van der Waals surface area contributed by atoms with Crippen molar-refractivity contribution in [1.82, 2.24) is 23.5 Å². The summed E-state index contributed by atoms with van der Waals surface area (Å²) >= 11 is 0. The third-order valence-corrected chi connectivity index (χ3v) is 8.71. The van der Waals surface area contributed by atoms with Crippen LogP contribution in [0.15, 0.2) is 113 Å². The standard InChI is InChI=1S/C32H23F2N5O4S/c33-26-11-10-21(18-27(26)34)19-38-17-5-9-24(32(38)41)29(40)12-13-30-35-16-14-28(37-30)25-20-39(31-23(25)8-4-15-36-31)44(42,43)22-6-2-1-3-7-22/h1-11,14-18,20H,12-13,19H2. The Morgan fingerprint density at radius 3 is 2.48 bits per heavy atom. The van der Waals surface area contributed by atoms with Crippen molar-refractivity contribution in [3.63, 3.8) is 0 Å². The molecule has 0 N–H and O–H groups in total. The Bertz CT molecular complexity index is 2200. The maximum absolute atomic E-state index is 13.6. The predicted molar refractivity (Wildman–Crippen MR) is 159 cm³/mol. The van der Waals surface area contributed by atoms with Crippen LogP contribution in [0.1, 0.15) is 28.2 Å². The predicted octanol–water partition coefficient (Wildman–Crippen LogP) is 5.03. The van der Waals surface area contributed by atoms with Gasteiger partial charge in [-0.3, -0.25) is 9.59 Å². The Kier molecular flexibility index (Phi) is 7.66. The number of carbonyl (C=O) groups is 1. The molecule has 0 aliphatic carbocycles. The lowest BCUT2D eigenvalue weighted by atomic mass is 10.1. The van der Waals surface area contributed by atoms with E-state index in [0.717, 1.165) is 16.1 Å². The number of hydrogen-bond acceptors (Lipinski definition) is 7. The Morgan fingerprint density at radius 2 is 1.68 bits per heavy atom. The van der Waals surface area contributed by atoms with E-state index in [2.05, 4.69) is 15.0 Å². The normalized spacial score (nSPS) is 11.6. The van der Waals surface area contributed by atoms with Crippen LogP contribution in [-0.4, -0.2) is 37.7 Å². The van der Waals surface area contributed by atoms with Crippen molar-refractivity contribution in [2.75, 3.05) is 0 Å². The van der Waals surface area contributed by atoms with Gasteiger partial charge in [0.1, 0.15) is 5.82 Å². The van der Waals surface area contributed by atoms with Gasteiger partial charge in [0.2, 0.25) is 0 Å². The molecule has 0 saturated carbocycles. The molecule has 0 atom stereocenters. The van der Waals surface area contributed by atoms with E-state index in [1.165, 1.54) is 53.6 Å². The lowest BCUT2D eigenvalue weighted by Crippen LogP contribution is -2.26. The zero-order chi connectivity index (χ0) is 30.8. The SMILES string of the molecule is O=C(CCc1nccc(-c2cn(S(=O)(=O)c3ccccc3)c3ncccc23)n1)c1cccn(Cc2ccc(F)c(F)c2)c1=O. The van der Waals surface area contributed by atoms with Crippen molar-refractivity contribution in [3.05, 3.63) is 143 Å². The summed E-state index contributed by atoms with van der Waals surface area (Å²) in [5.41, 5.74) is 0.963. The van der Waals surface area contributed by atoms with Crippen LogP contribution in [-0.2, 0) is 23.0 Å². The van der Waals surface area contributed by atoms with Crippen molar-refractivity contribution in [3.8, 4) is 11.3 Å². The summed E-state index contributed by atoms with van der Waals surface area (Å²) in [7, 11) is -3.95. The van der Waals surface area contributed by atoms with Crippen molar-refractivity contribution < 1.29 is 22.0 Å². The number of halogens is 2. The second-order valence-electron chi connectivity index (χ2n) is 9.92. The highest BCUT2D eigenvalue weighted by molar-refractivity contribution is 7.90. The summed E-state index contributed by atoms with van der Waals surface area (Å²) in [5.74, 6) is -2.12. The van der Waals surface area contributed by atoms with Gasteiger partial charge >= 0.3 is 0 Å². The minimum Gasteiger partial charge on any atom is -0.310 e. The fraction of sp³-hybridized carbons (Fsp3) is 0.0938. The number of carbonyl (C=O) groups excluding carboxylic acids is 1. The number of benzene rings is 2. The average Bonchev–Trinajstić information content (AvgIpc) is 3.44. The number of ketones is 1. The number of hydrogen-bond donors (Lipinski definition) is 0. The monoisotopic (exact) mass is 611 g/mol. The van der Waals surface area contributed by atoms with E-state index in [4.69, 9.17) is 0 Å². The van der Waals surface area contributed by atoms with E-state index < -0.39 is 33.0 Å². The minimum atomic E-state index is -3.95. The molecular weight excluding hydrogens is 588 g/mol. The zero-order valence-electron chi connectivity index (χ0n) is 23.0. The molecule has 2 aromatic carbocycles. The molecule has 4 aromatic heterocycles. The fourth-order valence-corrected chi connectivity index (χ4v) is 6.21. The van der Waals surface area contributed by atoms with Crippen LogP contribution in [0.3, 0.4) is 0 Å². The van der Waals surface area contributed by atoms with E-state index >= 15 is 0 Å². The Labute approximate surface area is 250 Å². The first-order chi connectivity index (χ1) is 21.2. The van der Waals surface area contributed by atoms with Crippen molar-refractivity contribution in [1.29, 1.82) is 0 Å². The van der Waals surface area contributed by atoms with Crippen molar-refractivity contribution >= 4 is 26.8 Å². The molecule has 0 bridgehead atoms. The van der Waals surface area contributed by atoms with Gasteiger partial charge in [0.15, 0.2) is 23.1 Å². The van der Waals surface area contributed by atoms with Gasteiger partial charge in [-0.25, -0.2) is 36.1 Å². The first kappa shape index (κ1) is 28.7. The molecule has 12 heteroatoms. The summed E-state index contributed by atoms with van der Waals surface area (Å²) in [4.78, 5) is 39.4. The van der Waals surface area contributed by atoms with Crippen LogP contribution in [0.2, 0.25) is 0 Å². The van der Waals surface area contributed by atoms with Gasteiger partial charge < -0.3 is 4.57 Å². The highest BCUT2D eigenvalue weighted by Gasteiger charge is 2.23. The van der Waals surface area contributed by atoms with Gasteiger partial charge in [-0.05, 0) is 60.2 Å². The first-order valence-corrected chi connectivity index (χ1v) is 14.9. The van der Waals surface area contributed by atoms with E-state index in [1.807, 2.05) is 0 Å². The molecule has 0 aliphatic rings. The van der Waals surface area contributed by atoms with Crippen LogP contribution in [0.25, 0.3) is 22.3 Å². The molecule has 9 nitrogen and oxygen atoms in total. The number of pyridine rings is 2. The topological polar surface area (TPSA) is 117 Å². The second-order valence-corrected chi connectivity index (χ2v) is 11.7. The molecule has 0 radical (unpaired) electrons. The lowest BCUT2D eigenvalue weighted by Gasteiger charge is -2.08. The molecule has 44 heavy (non-hydrogen) atoms. The second kappa shape index (κ2) is 11.7. The van der Waals surface area contributed by atoms with Gasteiger partial charge in [-0.2, -0.15) is 0 Å². The minimum absolute atomic E-state index is 0.0369. The highest BCUT2D eigenvalue weighted by atomic mass is 32.2. The number of aryl methyl sites for hydroxylation is 1. The smallest absolute Gasteiger partial charge is 0.269 e. The quantitative estimate of drug-likeness (QED) is 0.211. The van der Waals surface area contributed by atoms with Crippen LogP contribution >= 0.6 is 0 Å². The van der Waals surface area contributed by atoms with E-state index in [1.54, 1.807) is 42.5 Å². The summed E-state index contributed by atoms with van der Waals surface area (Å²) in [6.07, 6.45) is 6.01. The summed E-state index contributed by atoms with van der Waals surface area (Å²) < 4.78 is 56.2.